The number of fused-ring (bicyclic) bond motifs is 1. The normalized spacial score (nSPS) is 15.4. The smallest absolute Gasteiger partial charge is 0.513 e. The number of ether oxygens (including phenoxy) is 3. The Balaban J connectivity index is 1.42. The van der Waals surface area contributed by atoms with Crippen LogP contribution in [-0.2, 0) is 20.9 Å². The topological polar surface area (TPSA) is 109 Å². The molecule has 0 spiro atoms. The van der Waals surface area contributed by atoms with E-state index in [2.05, 4.69) is 10.3 Å². The molecule has 0 unspecified atom stereocenters. The van der Waals surface area contributed by atoms with Crippen molar-refractivity contribution in [1.82, 2.24) is 9.99 Å². The number of unbranched alkanes of at least 4 members (excludes halogenated alkanes) is 2. The molecule has 0 aliphatic carbocycles. The van der Waals surface area contributed by atoms with Gasteiger partial charge in [0.05, 0.1) is 36.5 Å². The largest absolute Gasteiger partial charge is 0.569 e. The monoisotopic (exact) mass is 520 g/mol. The molecule has 1 atom stereocenters. The van der Waals surface area contributed by atoms with Crippen molar-refractivity contribution in [2.75, 3.05) is 20.3 Å². The van der Waals surface area contributed by atoms with Gasteiger partial charge in [-0.1, -0.05) is 23.7 Å². The van der Waals surface area contributed by atoms with Gasteiger partial charge in [0.25, 0.3) is 0 Å². The van der Waals surface area contributed by atoms with Crippen molar-refractivity contribution in [2.24, 2.45) is 5.28 Å². The zero-order chi connectivity index (χ0) is 26.3. The maximum absolute atomic E-state index is 12.3. The molecule has 0 radical (unpaired) electrons. The number of nitrogens with zero attached hydrogens (tertiary/aromatic N) is 4. The molecule has 1 aliphatic rings. The predicted molar refractivity (Wildman–Crippen MR) is 132 cm³/mol. The minimum atomic E-state index is -0.790. The first-order chi connectivity index (χ1) is 17.1. The summed E-state index contributed by atoms with van der Waals surface area (Å²) in [7, 11) is 1.64. The summed E-state index contributed by atoms with van der Waals surface area (Å²) in [6.07, 6.45) is 2.66. The Morgan fingerprint density at radius 3 is 2.64 bits per heavy atom. The molecule has 196 valence electrons. The first-order valence-electron chi connectivity index (χ1n) is 11.8. The van der Waals surface area contributed by atoms with Crippen LogP contribution in [0.25, 0.3) is 0 Å². The fraction of sp³-hybridized carbons (Fsp3) is 0.520. The molecule has 0 bridgehead atoms. The molecule has 10 nitrogen and oxygen atoms in total. The van der Waals surface area contributed by atoms with Crippen molar-refractivity contribution < 1.29 is 28.8 Å². The van der Waals surface area contributed by atoms with Crippen molar-refractivity contribution in [2.45, 2.75) is 65.2 Å². The summed E-state index contributed by atoms with van der Waals surface area (Å²) >= 11 is 5.99. The second-order valence-corrected chi connectivity index (χ2v) is 9.91. The van der Waals surface area contributed by atoms with Crippen LogP contribution in [0.1, 0.15) is 68.5 Å². The van der Waals surface area contributed by atoms with E-state index in [0.717, 1.165) is 23.1 Å². The van der Waals surface area contributed by atoms with Crippen molar-refractivity contribution in [3.8, 4) is 5.75 Å². The summed E-state index contributed by atoms with van der Waals surface area (Å²) in [5, 5.41) is 17.4. The highest BCUT2D eigenvalue weighted by Gasteiger charge is 2.30. The summed E-state index contributed by atoms with van der Waals surface area (Å²) < 4.78 is 16.7. The molecule has 1 aromatic carbocycles. The molecular formula is C25H33ClN4O6. The zero-order valence-corrected chi connectivity index (χ0v) is 22.1. The lowest BCUT2D eigenvalue weighted by Crippen LogP contribution is -2.42. The Bertz CT molecular complexity index is 1070. The third-order valence-electron chi connectivity index (χ3n) is 5.84. The maximum Gasteiger partial charge on any atom is 0.513 e. The minimum Gasteiger partial charge on any atom is -0.569 e. The van der Waals surface area contributed by atoms with Gasteiger partial charge in [0.15, 0.2) is 5.75 Å². The van der Waals surface area contributed by atoms with Gasteiger partial charge in [0.2, 0.25) is 5.28 Å². The summed E-state index contributed by atoms with van der Waals surface area (Å²) in [5.74, 6) is 0.367. The molecule has 36 heavy (non-hydrogen) atoms. The van der Waals surface area contributed by atoms with Gasteiger partial charge in [-0.05, 0) is 64.7 Å². The number of benzene rings is 1. The average Bonchev–Trinajstić information content (AvgIpc) is 3.26. The third-order valence-corrected chi connectivity index (χ3v) is 6.09. The van der Waals surface area contributed by atoms with E-state index >= 15 is 0 Å². The fourth-order valence-electron chi connectivity index (χ4n) is 3.45. The van der Waals surface area contributed by atoms with Gasteiger partial charge in [-0.25, -0.2) is 4.79 Å². The van der Waals surface area contributed by atoms with Crippen molar-refractivity contribution in [3.63, 3.8) is 0 Å². The Labute approximate surface area is 216 Å². The number of aryl methyl sites for hydroxylation is 1. The van der Waals surface area contributed by atoms with Gasteiger partial charge in [-0.3, -0.25) is 4.98 Å². The first kappa shape index (κ1) is 27.5. The molecule has 11 heteroatoms. The molecule has 0 saturated heterocycles. The summed E-state index contributed by atoms with van der Waals surface area (Å²) in [6, 6.07) is 7.41. The number of aromatic nitrogens is 1. The lowest BCUT2D eigenvalue weighted by atomic mass is 10.0. The van der Waals surface area contributed by atoms with Crippen LogP contribution in [0.3, 0.4) is 0 Å². The van der Waals surface area contributed by atoms with E-state index in [4.69, 9.17) is 30.6 Å². The van der Waals surface area contributed by atoms with Crippen LogP contribution in [0.2, 0.25) is 5.02 Å². The highest BCUT2D eigenvalue weighted by atomic mass is 35.5. The quantitative estimate of drug-likeness (QED) is 0.125. The number of hydrazine groups is 1. The van der Waals surface area contributed by atoms with Gasteiger partial charge < -0.3 is 24.3 Å². The highest BCUT2D eigenvalue weighted by Crippen LogP contribution is 2.41. The number of rotatable bonds is 10. The Morgan fingerprint density at radius 2 is 1.94 bits per heavy atom. The molecule has 0 N–H and O–H groups in total. The van der Waals surface area contributed by atoms with Gasteiger partial charge in [-0.15, -0.1) is 5.01 Å². The van der Waals surface area contributed by atoms with Crippen LogP contribution < -0.4 is 4.74 Å². The zero-order valence-electron chi connectivity index (χ0n) is 21.3. The third kappa shape index (κ3) is 7.20. The molecule has 2 aromatic rings. The van der Waals surface area contributed by atoms with Crippen LogP contribution in [0, 0.1) is 12.1 Å². The Kier molecular flexibility index (Phi) is 9.33. The number of carbonyl (C=O) groups is 1. The number of carbonyl (C=O) groups excluding carboxylic acids is 1. The number of halogens is 1. The van der Waals surface area contributed by atoms with Crippen LogP contribution in [0.15, 0.2) is 35.7 Å². The number of hydrogen-bond donors (Lipinski definition) is 0. The molecule has 3 rings (SSSR count). The van der Waals surface area contributed by atoms with E-state index in [1.807, 2.05) is 32.9 Å². The maximum atomic E-state index is 12.3. The average molecular weight is 521 g/mol. The molecule has 0 amide bonds. The molecule has 0 saturated carbocycles. The SMILES string of the molecule is Cc1ncc2c(c1OC(=O)OCCCCCO/N=[N+](\[O-])N(C)C(C)(C)C)CO[C@H]2c1ccc(Cl)cc1. The van der Waals surface area contributed by atoms with E-state index < -0.39 is 6.16 Å². The van der Waals surface area contributed by atoms with Crippen molar-refractivity contribution >= 4 is 17.8 Å². The van der Waals surface area contributed by atoms with Crippen LogP contribution in [0.4, 0.5) is 4.79 Å². The number of pyridine rings is 1. The number of hydrogen-bond acceptors (Lipinski definition) is 8. The Hall–Kier alpha value is -3.11. The van der Waals surface area contributed by atoms with Gasteiger partial charge >= 0.3 is 6.16 Å². The molecule has 0 fully saturated rings. The van der Waals surface area contributed by atoms with Crippen LogP contribution >= 0.6 is 11.6 Å². The van der Waals surface area contributed by atoms with E-state index in [-0.39, 0.29) is 24.9 Å². The van der Waals surface area contributed by atoms with Crippen molar-refractivity contribution in [1.29, 1.82) is 0 Å². The minimum absolute atomic E-state index is 0.196. The van der Waals surface area contributed by atoms with Crippen LogP contribution in [-0.4, -0.2) is 46.9 Å². The van der Waals surface area contributed by atoms with Crippen molar-refractivity contribution in [3.05, 3.63) is 63.1 Å². The summed E-state index contributed by atoms with van der Waals surface area (Å²) in [5.41, 5.74) is 2.79. The lowest BCUT2D eigenvalue weighted by molar-refractivity contribution is -0.719. The fourth-order valence-corrected chi connectivity index (χ4v) is 3.57. The van der Waals surface area contributed by atoms with Gasteiger partial charge in [0.1, 0.15) is 12.7 Å². The molecular weight excluding hydrogens is 488 g/mol. The van der Waals surface area contributed by atoms with Gasteiger partial charge in [-0.2, -0.15) is 0 Å². The summed E-state index contributed by atoms with van der Waals surface area (Å²) in [6.45, 7) is 8.24. The summed E-state index contributed by atoms with van der Waals surface area (Å²) in [4.78, 5) is 22.2. The second-order valence-electron chi connectivity index (χ2n) is 9.47. The molecule has 1 aromatic heterocycles. The highest BCUT2D eigenvalue weighted by molar-refractivity contribution is 6.30. The predicted octanol–water partition coefficient (Wildman–Crippen LogP) is 5.89. The lowest BCUT2D eigenvalue weighted by Gasteiger charge is -2.26. The molecule has 2 heterocycles. The standard InChI is InChI=1S/C25H33ClN4O6/c1-17-22(21-16-34-23(20(21)15-27-17)18-9-11-19(26)12-10-18)36-24(31)33-13-7-6-8-14-35-28-30(32)29(5)25(2,3)4/h9-12,15,23H,6-8,13-14,16H2,1-5H3/b30-28-/t23-/m0/s1. The first-order valence-corrected chi connectivity index (χ1v) is 12.2. The second kappa shape index (κ2) is 12.2. The van der Waals surface area contributed by atoms with E-state index in [0.29, 0.717) is 40.9 Å². The van der Waals surface area contributed by atoms with Crippen LogP contribution in [0.5, 0.6) is 5.75 Å². The Morgan fingerprint density at radius 1 is 1.25 bits per heavy atom. The van der Waals surface area contributed by atoms with E-state index in [1.165, 1.54) is 5.01 Å². The molecule has 1 aliphatic heterocycles. The van der Waals surface area contributed by atoms with E-state index in [9.17, 15) is 10.0 Å². The van der Waals surface area contributed by atoms with Gasteiger partial charge in [0, 0.05) is 22.3 Å². The van der Waals surface area contributed by atoms with E-state index in [1.54, 1.807) is 32.3 Å².